The van der Waals surface area contributed by atoms with Crippen molar-refractivity contribution in [1.82, 2.24) is 8.61 Å². The zero-order chi connectivity index (χ0) is 14.9. The molecule has 3 rings (SSSR count). The van der Waals surface area contributed by atoms with E-state index in [0.29, 0.717) is 32.8 Å². The maximum absolute atomic E-state index is 12.9. The first-order chi connectivity index (χ1) is 10.1. The van der Waals surface area contributed by atoms with E-state index in [4.69, 9.17) is 9.15 Å². The Kier molecular flexibility index (Phi) is 4.35. The van der Waals surface area contributed by atoms with Gasteiger partial charge in [-0.3, -0.25) is 0 Å². The molecule has 0 unspecified atom stereocenters. The number of nitrogens with zero attached hydrogens (tertiary/aromatic N) is 2. The minimum atomic E-state index is -3.45. The van der Waals surface area contributed by atoms with Crippen molar-refractivity contribution >= 4 is 10.2 Å². The second-order valence-electron chi connectivity index (χ2n) is 5.59. The summed E-state index contributed by atoms with van der Waals surface area (Å²) in [6.07, 6.45) is 2.43. The molecule has 2 aliphatic rings. The van der Waals surface area contributed by atoms with Gasteiger partial charge in [0.2, 0.25) is 0 Å². The van der Waals surface area contributed by atoms with Crippen LogP contribution in [-0.4, -0.2) is 49.9 Å². The van der Waals surface area contributed by atoms with E-state index >= 15 is 0 Å². The predicted octanol–water partition coefficient (Wildman–Crippen LogP) is 1.69. The average molecular weight is 314 g/mol. The molecular formula is C14H22N2O4S. The zero-order valence-corrected chi connectivity index (χ0v) is 13.1. The maximum Gasteiger partial charge on any atom is 0.282 e. The van der Waals surface area contributed by atoms with Gasteiger partial charge >= 0.3 is 0 Å². The molecule has 0 amide bonds. The van der Waals surface area contributed by atoms with Crippen LogP contribution in [0.4, 0.5) is 0 Å². The third kappa shape index (κ3) is 3.01. The number of hydrogen-bond donors (Lipinski definition) is 0. The molecule has 0 aliphatic carbocycles. The minimum absolute atomic E-state index is 0.173. The second-order valence-corrected chi connectivity index (χ2v) is 7.47. The van der Waals surface area contributed by atoms with E-state index in [9.17, 15) is 8.42 Å². The number of ether oxygens (including phenoxy) is 1. The highest BCUT2D eigenvalue weighted by Crippen LogP contribution is 2.36. The van der Waals surface area contributed by atoms with Gasteiger partial charge in [-0.1, -0.05) is 0 Å². The largest absolute Gasteiger partial charge is 0.465 e. The molecule has 2 aliphatic heterocycles. The van der Waals surface area contributed by atoms with Crippen molar-refractivity contribution in [3.8, 4) is 0 Å². The molecule has 0 spiro atoms. The highest BCUT2D eigenvalue weighted by atomic mass is 32.2. The van der Waals surface area contributed by atoms with Crippen LogP contribution in [0.3, 0.4) is 0 Å². The number of aryl methyl sites for hydroxylation is 1. The summed E-state index contributed by atoms with van der Waals surface area (Å²) in [4.78, 5) is 0. The Morgan fingerprint density at radius 2 is 2.00 bits per heavy atom. The summed E-state index contributed by atoms with van der Waals surface area (Å²) in [5.74, 6) is 1.57. The molecule has 7 heteroatoms. The molecule has 0 aromatic carbocycles. The van der Waals surface area contributed by atoms with E-state index in [2.05, 4.69) is 0 Å². The summed E-state index contributed by atoms with van der Waals surface area (Å²) in [6, 6.07) is 3.60. The molecule has 0 N–H and O–H groups in total. The van der Waals surface area contributed by atoms with Crippen LogP contribution in [-0.2, 0) is 14.9 Å². The van der Waals surface area contributed by atoms with Gasteiger partial charge in [0.25, 0.3) is 10.2 Å². The van der Waals surface area contributed by atoms with Crippen LogP contribution >= 0.6 is 0 Å². The number of rotatable bonds is 3. The van der Waals surface area contributed by atoms with Crippen molar-refractivity contribution in [3.63, 3.8) is 0 Å². The second kappa shape index (κ2) is 6.08. The Bertz CT molecular complexity index is 576. The molecular weight excluding hydrogens is 292 g/mol. The third-order valence-electron chi connectivity index (χ3n) is 4.10. The number of hydrogen-bond acceptors (Lipinski definition) is 4. The quantitative estimate of drug-likeness (QED) is 0.852. The molecule has 6 nitrogen and oxygen atoms in total. The van der Waals surface area contributed by atoms with E-state index in [1.54, 1.807) is 8.61 Å². The normalized spacial score (nSPS) is 26.0. The molecule has 0 saturated carbocycles. The van der Waals surface area contributed by atoms with Crippen molar-refractivity contribution in [1.29, 1.82) is 0 Å². The third-order valence-corrected chi connectivity index (χ3v) is 6.14. The molecule has 3 heterocycles. The van der Waals surface area contributed by atoms with E-state index in [1.807, 2.05) is 19.1 Å². The monoisotopic (exact) mass is 314 g/mol. The van der Waals surface area contributed by atoms with Crippen molar-refractivity contribution in [2.75, 3.05) is 32.8 Å². The highest BCUT2D eigenvalue weighted by molar-refractivity contribution is 7.86. The van der Waals surface area contributed by atoms with Crippen LogP contribution in [0.15, 0.2) is 16.5 Å². The Hall–Kier alpha value is -0.890. The number of furan rings is 1. The average Bonchev–Trinajstić information content (AvgIpc) is 3.00. The fourth-order valence-corrected chi connectivity index (χ4v) is 4.89. The lowest BCUT2D eigenvalue weighted by atomic mass is 10.2. The van der Waals surface area contributed by atoms with Gasteiger partial charge in [-0.05, 0) is 38.3 Å². The molecule has 0 bridgehead atoms. The van der Waals surface area contributed by atoms with Gasteiger partial charge in [-0.15, -0.1) is 0 Å². The smallest absolute Gasteiger partial charge is 0.282 e. The molecule has 1 atom stereocenters. The van der Waals surface area contributed by atoms with E-state index < -0.39 is 10.2 Å². The SMILES string of the molecule is Cc1ccc([C@H]2CCCN2S(=O)(=O)N2CCCOCC2)o1. The molecule has 1 aromatic rings. The first kappa shape index (κ1) is 15.0. The Balaban J connectivity index is 1.83. The van der Waals surface area contributed by atoms with Crippen LogP contribution in [0.2, 0.25) is 0 Å². The molecule has 118 valence electrons. The summed E-state index contributed by atoms with van der Waals surface area (Å²) in [6.45, 7) is 4.50. The Labute approximate surface area is 125 Å². The van der Waals surface area contributed by atoms with Gasteiger partial charge in [0.05, 0.1) is 12.6 Å². The molecule has 0 radical (unpaired) electrons. The summed E-state index contributed by atoms with van der Waals surface area (Å²) in [7, 11) is -3.45. The lowest BCUT2D eigenvalue weighted by molar-refractivity contribution is 0.147. The van der Waals surface area contributed by atoms with Gasteiger partial charge in [0, 0.05) is 26.2 Å². The van der Waals surface area contributed by atoms with Crippen LogP contribution in [0.1, 0.15) is 36.8 Å². The maximum atomic E-state index is 12.9. The van der Waals surface area contributed by atoms with E-state index in [-0.39, 0.29) is 6.04 Å². The molecule has 2 fully saturated rings. The van der Waals surface area contributed by atoms with Crippen molar-refractivity contribution in [2.45, 2.75) is 32.2 Å². The van der Waals surface area contributed by atoms with Gasteiger partial charge in [0.15, 0.2) is 0 Å². The zero-order valence-electron chi connectivity index (χ0n) is 12.3. The minimum Gasteiger partial charge on any atom is -0.465 e. The van der Waals surface area contributed by atoms with E-state index in [0.717, 1.165) is 30.8 Å². The van der Waals surface area contributed by atoms with Crippen molar-refractivity contribution in [3.05, 3.63) is 23.7 Å². The summed E-state index contributed by atoms with van der Waals surface area (Å²) < 4.78 is 39.9. The first-order valence-electron chi connectivity index (χ1n) is 7.50. The van der Waals surface area contributed by atoms with Gasteiger partial charge < -0.3 is 9.15 Å². The van der Waals surface area contributed by atoms with Crippen LogP contribution < -0.4 is 0 Å². The van der Waals surface area contributed by atoms with E-state index in [1.165, 1.54) is 0 Å². The Morgan fingerprint density at radius 3 is 2.76 bits per heavy atom. The Morgan fingerprint density at radius 1 is 1.14 bits per heavy atom. The summed E-state index contributed by atoms with van der Waals surface area (Å²) >= 11 is 0. The molecule has 21 heavy (non-hydrogen) atoms. The van der Waals surface area contributed by atoms with Crippen molar-refractivity contribution in [2.24, 2.45) is 0 Å². The fourth-order valence-electron chi connectivity index (χ4n) is 3.04. The summed E-state index contributed by atoms with van der Waals surface area (Å²) in [5, 5.41) is 0. The summed E-state index contributed by atoms with van der Waals surface area (Å²) in [5.41, 5.74) is 0. The van der Waals surface area contributed by atoms with Crippen LogP contribution in [0.25, 0.3) is 0 Å². The first-order valence-corrected chi connectivity index (χ1v) is 8.90. The lowest BCUT2D eigenvalue weighted by Gasteiger charge is -2.29. The van der Waals surface area contributed by atoms with Crippen molar-refractivity contribution < 1.29 is 17.6 Å². The van der Waals surface area contributed by atoms with Gasteiger partial charge in [0.1, 0.15) is 11.5 Å². The highest BCUT2D eigenvalue weighted by Gasteiger charge is 2.40. The lowest BCUT2D eigenvalue weighted by Crippen LogP contribution is -2.44. The topological polar surface area (TPSA) is 63.0 Å². The van der Waals surface area contributed by atoms with Gasteiger partial charge in [-0.25, -0.2) is 0 Å². The fraction of sp³-hybridized carbons (Fsp3) is 0.714. The van der Waals surface area contributed by atoms with Crippen LogP contribution in [0.5, 0.6) is 0 Å². The van der Waals surface area contributed by atoms with Crippen LogP contribution in [0, 0.1) is 6.92 Å². The molecule has 2 saturated heterocycles. The predicted molar refractivity (Wildman–Crippen MR) is 78.1 cm³/mol. The standard InChI is InChI=1S/C14H22N2O4S/c1-12-5-6-14(20-12)13-4-2-8-16(13)21(17,18)15-7-3-10-19-11-9-15/h5-6,13H,2-4,7-11H2,1H3/t13-/m1/s1. The molecule has 1 aromatic heterocycles. The van der Waals surface area contributed by atoms with Gasteiger partial charge in [-0.2, -0.15) is 17.0 Å².